The van der Waals surface area contributed by atoms with Gasteiger partial charge in [-0.05, 0) is 24.5 Å². The highest BCUT2D eigenvalue weighted by molar-refractivity contribution is 5.18. The molecule has 1 aromatic heterocycles. The Kier molecular flexibility index (Phi) is 3.51. The lowest BCUT2D eigenvalue weighted by Gasteiger charge is -2.20. The molecule has 0 aliphatic heterocycles. The molecule has 13 heavy (non-hydrogen) atoms. The Morgan fingerprint density at radius 1 is 1.62 bits per heavy atom. The number of rotatable bonds is 4. The van der Waals surface area contributed by atoms with Gasteiger partial charge in [0.1, 0.15) is 5.76 Å². The van der Waals surface area contributed by atoms with E-state index >= 15 is 0 Å². The first-order valence-corrected chi connectivity index (χ1v) is 4.70. The van der Waals surface area contributed by atoms with Crippen LogP contribution in [0.25, 0.3) is 0 Å². The Balaban J connectivity index is 2.84. The van der Waals surface area contributed by atoms with E-state index in [1.807, 2.05) is 13.0 Å². The number of nitrogens with one attached hydrogen (secondary N) is 1. The third kappa shape index (κ3) is 2.11. The first kappa shape index (κ1) is 10.3. The summed E-state index contributed by atoms with van der Waals surface area (Å²) in [4.78, 5) is 0. The molecule has 3 nitrogen and oxygen atoms in total. The molecule has 0 aliphatic rings. The predicted octanol–water partition coefficient (Wildman–Crippen LogP) is 2.14. The summed E-state index contributed by atoms with van der Waals surface area (Å²) in [5, 5.41) is 0. The van der Waals surface area contributed by atoms with Gasteiger partial charge in [-0.25, -0.2) is 5.43 Å². The Morgan fingerprint density at radius 3 is 2.69 bits per heavy atom. The number of furan rings is 1. The van der Waals surface area contributed by atoms with Gasteiger partial charge >= 0.3 is 0 Å². The fourth-order valence-electron chi connectivity index (χ4n) is 1.44. The zero-order chi connectivity index (χ0) is 9.84. The second kappa shape index (κ2) is 4.44. The molecule has 1 aromatic rings. The SMILES string of the molecule is CCC(C)C(NN)c1occc1C. The topological polar surface area (TPSA) is 51.2 Å². The Hall–Kier alpha value is -0.800. The summed E-state index contributed by atoms with van der Waals surface area (Å²) in [5.74, 6) is 6.94. The molecular formula is C10H18N2O. The van der Waals surface area contributed by atoms with E-state index in [1.165, 1.54) is 0 Å². The van der Waals surface area contributed by atoms with Gasteiger partial charge in [-0.3, -0.25) is 5.84 Å². The molecule has 0 fully saturated rings. The summed E-state index contributed by atoms with van der Waals surface area (Å²) in [5.41, 5.74) is 3.96. The largest absolute Gasteiger partial charge is 0.467 e. The van der Waals surface area contributed by atoms with Crippen molar-refractivity contribution in [3.63, 3.8) is 0 Å². The summed E-state index contributed by atoms with van der Waals surface area (Å²) < 4.78 is 5.40. The molecule has 2 atom stereocenters. The van der Waals surface area contributed by atoms with E-state index in [0.29, 0.717) is 5.92 Å². The quantitative estimate of drug-likeness (QED) is 0.554. The monoisotopic (exact) mass is 182 g/mol. The van der Waals surface area contributed by atoms with Crippen molar-refractivity contribution in [1.82, 2.24) is 5.43 Å². The molecule has 0 aromatic carbocycles. The van der Waals surface area contributed by atoms with Crippen LogP contribution in [0.1, 0.15) is 37.6 Å². The zero-order valence-electron chi connectivity index (χ0n) is 8.50. The van der Waals surface area contributed by atoms with Crippen LogP contribution in [-0.4, -0.2) is 0 Å². The van der Waals surface area contributed by atoms with E-state index in [2.05, 4.69) is 19.3 Å². The van der Waals surface area contributed by atoms with Crippen molar-refractivity contribution >= 4 is 0 Å². The summed E-state index contributed by atoms with van der Waals surface area (Å²) in [6.07, 6.45) is 2.78. The highest BCUT2D eigenvalue weighted by Crippen LogP contribution is 2.26. The summed E-state index contributed by atoms with van der Waals surface area (Å²) >= 11 is 0. The van der Waals surface area contributed by atoms with Crippen LogP contribution in [-0.2, 0) is 0 Å². The van der Waals surface area contributed by atoms with Crippen molar-refractivity contribution < 1.29 is 4.42 Å². The number of hydrazine groups is 1. The van der Waals surface area contributed by atoms with Crippen molar-refractivity contribution in [3.05, 3.63) is 23.7 Å². The summed E-state index contributed by atoms with van der Waals surface area (Å²) in [6, 6.07) is 2.09. The third-order valence-corrected chi connectivity index (χ3v) is 2.58. The normalized spacial score (nSPS) is 15.7. The summed E-state index contributed by atoms with van der Waals surface area (Å²) in [7, 11) is 0. The smallest absolute Gasteiger partial charge is 0.125 e. The van der Waals surface area contributed by atoms with Crippen LogP contribution in [0.15, 0.2) is 16.7 Å². The van der Waals surface area contributed by atoms with Gasteiger partial charge < -0.3 is 4.42 Å². The van der Waals surface area contributed by atoms with Gasteiger partial charge in [0, 0.05) is 0 Å². The molecule has 0 radical (unpaired) electrons. The number of hydrogen-bond donors (Lipinski definition) is 2. The lowest BCUT2D eigenvalue weighted by Crippen LogP contribution is -2.32. The molecule has 1 heterocycles. The van der Waals surface area contributed by atoms with E-state index in [-0.39, 0.29) is 6.04 Å². The molecule has 0 bridgehead atoms. The van der Waals surface area contributed by atoms with Gasteiger partial charge in [-0.2, -0.15) is 0 Å². The van der Waals surface area contributed by atoms with Gasteiger partial charge in [-0.15, -0.1) is 0 Å². The Bertz CT molecular complexity index is 257. The maximum atomic E-state index is 5.50. The van der Waals surface area contributed by atoms with Crippen molar-refractivity contribution in [2.75, 3.05) is 0 Å². The van der Waals surface area contributed by atoms with E-state index in [4.69, 9.17) is 10.3 Å². The van der Waals surface area contributed by atoms with Crippen LogP contribution in [0, 0.1) is 12.8 Å². The molecule has 74 valence electrons. The molecule has 2 unspecified atom stereocenters. The van der Waals surface area contributed by atoms with E-state index < -0.39 is 0 Å². The lowest BCUT2D eigenvalue weighted by atomic mass is 9.96. The Morgan fingerprint density at radius 2 is 2.31 bits per heavy atom. The molecule has 3 N–H and O–H groups in total. The number of aryl methyl sites for hydroxylation is 1. The lowest BCUT2D eigenvalue weighted by molar-refractivity contribution is 0.321. The van der Waals surface area contributed by atoms with Crippen LogP contribution in [0.5, 0.6) is 0 Å². The fraction of sp³-hybridized carbons (Fsp3) is 0.600. The molecule has 0 aliphatic carbocycles. The molecule has 0 saturated carbocycles. The standard InChI is InChI=1S/C10H18N2O/c1-4-7(2)9(12-11)10-8(3)5-6-13-10/h5-7,9,12H,4,11H2,1-3H3. The van der Waals surface area contributed by atoms with Crippen molar-refractivity contribution in [2.24, 2.45) is 11.8 Å². The van der Waals surface area contributed by atoms with Crippen LogP contribution in [0.3, 0.4) is 0 Å². The summed E-state index contributed by atoms with van der Waals surface area (Å²) in [6.45, 7) is 6.34. The van der Waals surface area contributed by atoms with Gasteiger partial charge in [0.15, 0.2) is 0 Å². The van der Waals surface area contributed by atoms with Crippen molar-refractivity contribution in [1.29, 1.82) is 0 Å². The number of hydrogen-bond acceptors (Lipinski definition) is 3. The van der Waals surface area contributed by atoms with Gasteiger partial charge in [0.05, 0.1) is 12.3 Å². The predicted molar refractivity (Wildman–Crippen MR) is 53.0 cm³/mol. The second-order valence-electron chi connectivity index (χ2n) is 3.50. The molecule has 0 spiro atoms. The molecule has 1 rings (SSSR count). The van der Waals surface area contributed by atoms with Gasteiger partial charge in [0.25, 0.3) is 0 Å². The molecule has 0 saturated heterocycles. The second-order valence-corrected chi connectivity index (χ2v) is 3.50. The number of nitrogens with two attached hydrogens (primary N) is 1. The third-order valence-electron chi connectivity index (χ3n) is 2.58. The molecule has 0 amide bonds. The van der Waals surface area contributed by atoms with Crippen LogP contribution < -0.4 is 11.3 Å². The average Bonchev–Trinajstić information content (AvgIpc) is 2.53. The van der Waals surface area contributed by atoms with Crippen molar-refractivity contribution in [2.45, 2.75) is 33.2 Å². The maximum absolute atomic E-state index is 5.50. The van der Waals surface area contributed by atoms with Crippen LogP contribution in [0.2, 0.25) is 0 Å². The first-order valence-electron chi connectivity index (χ1n) is 4.70. The minimum Gasteiger partial charge on any atom is -0.467 e. The molecule has 3 heteroatoms. The van der Waals surface area contributed by atoms with E-state index in [1.54, 1.807) is 6.26 Å². The van der Waals surface area contributed by atoms with Gasteiger partial charge in [-0.1, -0.05) is 20.3 Å². The highest BCUT2D eigenvalue weighted by atomic mass is 16.3. The first-order chi connectivity index (χ1) is 6.20. The zero-order valence-corrected chi connectivity index (χ0v) is 8.50. The fourth-order valence-corrected chi connectivity index (χ4v) is 1.44. The Labute approximate surface area is 79.3 Å². The van der Waals surface area contributed by atoms with Crippen molar-refractivity contribution in [3.8, 4) is 0 Å². The molecular weight excluding hydrogens is 164 g/mol. The van der Waals surface area contributed by atoms with E-state index in [9.17, 15) is 0 Å². The minimum absolute atomic E-state index is 0.125. The van der Waals surface area contributed by atoms with E-state index in [0.717, 1.165) is 17.7 Å². The van der Waals surface area contributed by atoms with Crippen LogP contribution in [0.4, 0.5) is 0 Å². The van der Waals surface area contributed by atoms with Gasteiger partial charge in [0.2, 0.25) is 0 Å². The average molecular weight is 182 g/mol. The maximum Gasteiger partial charge on any atom is 0.125 e. The highest BCUT2D eigenvalue weighted by Gasteiger charge is 2.20. The van der Waals surface area contributed by atoms with Crippen LogP contribution >= 0.6 is 0 Å². The minimum atomic E-state index is 0.125.